The van der Waals surface area contributed by atoms with Gasteiger partial charge in [-0.2, -0.15) is 0 Å². The number of rotatable bonds is 6. The van der Waals surface area contributed by atoms with Crippen LogP contribution < -0.4 is 5.43 Å². The molecule has 4 aromatic rings. The van der Waals surface area contributed by atoms with Gasteiger partial charge in [0.05, 0.1) is 17.3 Å². The molecule has 1 saturated heterocycles. The van der Waals surface area contributed by atoms with E-state index in [1.165, 1.54) is 0 Å². The van der Waals surface area contributed by atoms with Crippen LogP contribution >= 0.6 is 23.2 Å². The van der Waals surface area contributed by atoms with Crippen molar-refractivity contribution in [3.63, 3.8) is 0 Å². The molecule has 10 nitrogen and oxygen atoms in total. The van der Waals surface area contributed by atoms with E-state index >= 15 is 0 Å². The molecule has 5 rings (SSSR count). The van der Waals surface area contributed by atoms with Crippen molar-refractivity contribution in [2.75, 3.05) is 13.1 Å². The molecule has 2 aromatic heterocycles. The topological polar surface area (TPSA) is 125 Å². The number of carbonyl (C=O) groups excluding carboxylic acids is 1. The van der Waals surface area contributed by atoms with Gasteiger partial charge in [-0.15, -0.1) is 5.10 Å². The van der Waals surface area contributed by atoms with E-state index in [4.69, 9.17) is 23.2 Å². The van der Waals surface area contributed by atoms with Gasteiger partial charge in [0.25, 0.3) is 5.91 Å². The number of aliphatic hydroxyl groups excluding tert-OH is 1. The number of hydrogen-bond donors (Lipinski definition) is 3. The summed E-state index contributed by atoms with van der Waals surface area (Å²) in [6, 6.07) is 12.4. The standard InChI is InChI=1S/C23H22Cl2N8O2/c24-15-6-9-17(18(25)12-15)22-26-20(23(35)29-32-10-2-1-3-11-32)19(13-34)33(22)16-7-4-14(5-8-16)21-27-30-31-28-21/h4-9,12,34H,1-3,10-11,13H2,(H,29,35)(H,27,28,30,31). The maximum Gasteiger partial charge on any atom is 0.286 e. The van der Waals surface area contributed by atoms with Gasteiger partial charge >= 0.3 is 0 Å². The summed E-state index contributed by atoms with van der Waals surface area (Å²) in [4.78, 5) is 17.9. The predicted octanol–water partition coefficient (Wildman–Crippen LogP) is 3.65. The molecule has 1 amide bonds. The molecular weight excluding hydrogens is 491 g/mol. The minimum absolute atomic E-state index is 0.127. The Morgan fingerprint density at radius 2 is 1.86 bits per heavy atom. The van der Waals surface area contributed by atoms with E-state index in [9.17, 15) is 9.90 Å². The Balaban J connectivity index is 1.61. The average Bonchev–Trinajstić information content (AvgIpc) is 3.53. The quantitative estimate of drug-likeness (QED) is 0.360. The van der Waals surface area contributed by atoms with Crippen LogP contribution in [0.4, 0.5) is 0 Å². The lowest BCUT2D eigenvalue weighted by Crippen LogP contribution is -2.45. The first kappa shape index (κ1) is 23.4. The number of aliphatic hydroxyl groups is 1. The molecule has 0 aliphatic carbocycles. The summed E-state index contributed by atoms with van der Waals surface area (Å²) < 4.78 is 1.72. The number of halogens is 2. The number of aromatic amines is 1. The van der Waals surface area contributed by atoms with E-state index in [0.29, 0.717) is 38.6 Å². The second-order valence-electron chi connectivity index (χ2n) is 8.13. The second-order valence-corrected chi connectivity index (χ2v) is 8.98. The molecule has 0 atom stereocenters. The smallest absolute Gasteiger partial charge is 0.286 e. The molecule has 0 bridgehead atoms. The highest BCUT2D eigenvalue weighted by molar-refractivity contribution is 6.36. The van der Waals surface area contributed by atoms with Crippen LogP contribution in [0.1, 0.15) is 35.4 Å². The molecule has 1 aliphatic rings. The Kier molecular flexibility index (Phi) is 6.78. The van der Waals surface area contributed by atoms with Gasteiger partial charge in [-0.1, -0.05) is 29.6 Å². The van der Waals surface area contributed by atoms with Crippen molar-refractivity contribution in [2.45, 2.75) is 25.9 Å². The molecule has 1 aliphatic heterocycles. The highest BCUT2D eigenvalue weighted by Crippen LogP contribution is 2.34. The highest BCUT2D eigenvalue weighted by atomic mass is 35.5. The van der Waals surface area contributed by atoms with Crippen molar-refractivity contribution in [2.24, 2.45) is 0 Å². The number of nitrogens with zero attached hydrogens (tertiary/aromatic N) is 6. The lowest BCUT2D eigenvalue weighted by molar-refractivity contribution is 0.0742. The Morgan fingerprint density at radius 3 is 2.51 bits per heavy atom. The molecule has 2 aromatic carbocycles. The number of carbonyl (C=O) groups is 1. The zero-order chi connectivity index (χ0) is 24.4. The summed E-state index contributed by atoms with van der Waals surface area (Å²) in [5.41, 5.74) is 5.43. The monoisotopic (exact) mass is 512 g/mol. The largest absolute Gasteiger partial charge is 0.390 e. The van der Waals surface area contributed by atoms with Gasteiger partial charge in [-0.3, -0.25) is 14.8 Å². The zero-order valence-corrected chi connectivity index (χ0v) is 20.1. The number of nitrogens with one attached hydrogen (secondary N) is 2. The molecule has 0 spiro atoms. The third kappa shape index (κ3) is 4.78. The first-order valence-corrected chi connectivity index (χ1v) is 11.9. The number of piperidine rings is 1. The number of imidazole rings is 1. The molecule has 3 N–H and O–H groups in total. The van der Waals surface area contributed by atoms with Crippen molar-refractivity contribution in [1.29, 1.82) is 0 Å². The Labute approximate surface area is 210 Å². The Morgan fingerprint density at radius 1 is 1.09 bits per heavy atom. The third-order valence-electron chi connectivity index (χ3n) is 5.87. The van der Waals surface area contributed by atoms with Crippen LogP contribution in [-0.2, 0) is 6.61 Å². The highest BCUT2D eigenvalue weighted by Gasteiger charge is 2.26. The van der Waals surface area contributed by atoms with Crippen LogP contribution in [0.3, 0.4) is 0 Å². The summed E-state index contributed by atoms with van der Waals surface area (Å²) in [7, 11) is 0. The fraction of sp³-hybridized carbons (Fsp3) is 0.261. The summed E-state index contributed by atoms with van der Waals surface area (Å²) in [6.45, 7) is 1.14. The lowest BCUT2D eigenvalue weighted by atomic mass is 10.1. The first-order valence-electron chi connectivity index (χ1n) is 11.1. The van der Waals surface area contributed by atoms with Gasteiger partial charge in [-0.05, 0) is 65.7 Å². The van der Waals surface area contributed by atoms with Gasteiger partial charge in [-0.25, -0.2) is 15.1 Å². The molecule has 0 saturated carbocycles. The second kappa shape index (κ2) is 10.1. The molecule has 3 heterocycles. The molecule has 180 valence electrons. The van der Waals surface area contributed by atoms with Crippen LogP contribution in [0.25, 0.3) is 28.5 Å². The van der Waals surface area contributed by atoms with Gasteiger partial charge in [0, 0.05) is 34.9 Å². The van der Waals surface area contributed by atoms with E-state index in [1.807, 2.05) is 29.3 Å². The number of aromatic nitrogens is 6. The maximum atomic E-state index is 13.2. The van der Waals surface area contributed by atoms with E-state index in [-0.39, 0.29) is 11.6 Å². The molecule has 0 radical (unpaired) electrons. The van der Waals surface area contributed by atoms with E-state index < -0.39 is 6.61 Å². The maximum absolute atomic E-state index is 13.2. The number of hydrazine groups is 1. The van der Waals surface area contributed by atoms with Gasteiger partial charge in [0.2, 0.25) is 0 Å². The van der Waals surface area contributed by atoms with Crippen LogP contribution in [0.5, 0.6) is 0 Å². The third-order valence-corrected chi connectivity index (χ3v) is 6.42. The van der Waals surface area contributed by atoms with Gasteiger partial charge < -0.3 is 5.11 Å². The van der Waals surface area contributed by atoms with Crippen LogP contribution in [0.15, 0.2) is 42.5 Å². The first-order chi connectivity index (χ1) is 17.0. The van der Waals surface area contributed by atoms with Crippen LogP contribution in [0.2, 0.25) is 10.0 Å². The summed E-state index contributed by atoms with van der Waals surface area (Å²) in [5, 5.41) is 27.0. The van der Waals surface area contributed by atoms with Crippen LogP contribution in [-0.4, -0.2) is 59.3 Å². The summed E-state index contributed by atoms with van der Waals surface area (Å²) in [6.07, 6.45) is 3.17. The van der Waals surface area contributed by atoms with Crippen molar-refractivity contribution in [1.82, 2.24) is 40.6 Å². The predicted molar refractivity (Wildman–Crippen MR) is 131 cm³/mol. The average molecular weight is 513 g/mol. The van der Waals surface area contributed by atoms with Gasteiger partial charge in [0.15, 0.2) is 11.5 Å². The lowest BCUT2D eigenvalue weighted by Gasteiger charge is -2.26. The van der Waals surface area contributed by atoms with Crippen molar-refractivity contribution in [3.05, 3.63) is 63.9 Å². The van der Waals surface area contributed by atoms with Crippen molar-refractivity contribution in [3.8, 4) is 28.5 Å². The SMILES string of the molecule is O=C(NN1CCCCC1)c1nc(-c2ccc(Cl)cc2Cl)n(-c2ccc(-c3nnn[nH]3)cc2)c1CO. The molecule has 12 heteroatoms. The number of benzene rings is 2. The Hall–Kier alpha value is -3.31. The van der Waals surface area contributed by atoms with Crippen LogP contribution in [0, 0.1) is 0 Å². The van der Waals surface area contributed by atoms with Crippen molar-refractivity contribution < 1.29 is 9.90 Å². The molecule has 1 fully saturated rings. The van der Waals surface area contributed by atoms with E-state index in [0.717, 1.165) is 37.9 Å². The fourth-order valence-corrected chi connectivity index (χ4v) is 4.66. The summed E-state index contributed by atoms with van der Waals surface area (Å²) >= 11 is 12.6. The molecule has 35 heavy (non-hydrogen) atoms. The fourth-order valence-electron chi connectivity index (χ4n) is 4.16. The number of hydrogen-bond acceptors (Lipinski definition) is 7. The number of tetrazole rings is 1. The molecule has 0 unspecified atom stereocenters. The molecular formula is C23H22Cl2N8O2. The minimum atomic E-state index is -0.408. The Bertz CT molecular complexity index is 1330. The minimum Gasteiger partial charge on any atom is -0.390 e. The number of amides is 1. The van der Waals surface area contributed by atoms with Crippen molar-refractivity contribution >= 4 is 29.1 Å². The number of H-pyrrole nitrogens is 1. The van der Waals surface area contributed by atoms with E-state index in [1.54, 1.807) is 22.8 Å². The zero-order valence-electron chi connectivity index (χ0n) is 18.6. The summed E-state index contributed by atoms with van der Waals surface area (Å²) in [5.74, 6) is 0.547. The van der Waals surface area contributed by atoms with E-state index in [2.05, 4.69) is 31.0 Å². The van der Waals surface area contributed by atoms with Gasteiger partial charge in [0.1, 0.15) is 5.82 Å². The normalized spacial score (nSPS) is 14.3.